The number of nitrogens with one attached hydrogen (secondary N) is 1. The molecule has 0 saturated carbocycles. The summed E-state index contributed by atoms with van der Waals surface area (Å²) in [5.41, 5.74) is 1.79. The van der Waals surface area contributed by atoms with E-state index in [4.69, 9.17) is 9.47 Å². The number of anilines is 1. The van der Waals surface area contributed by atoms with Gasteiger partial charge in [0.25, 0.3) is 5.91 Å². The van der Waals surface area contributed by atoms with Gasteiger partial charge in [-0.2, -0.15) is 0 Å². The first-order valence-corrected chi connectivity index (χ1v) is 11.9. The number of esters is 1. The summed E-state index contributed by atoms with van der Waals surface area (Å²) < 4.78 is 10.9. The number of benzene rings is 1. The minimum absolute atomic E-state index is 0.243. The molecule has 5 nitrogen and oxygen atoms in total. The van der Waals surface area contributed by atoms with E-state index >= 15 is 0 Å². The molecule has 0 fully saturated rings. The minimum Gasteiger partial charge on any atom is -0.481 e. The van der Waals surface area contributed by atoms with E-state index in [-0.39, 0.29) is 11.3 Å². The van der Waals surface area contributed by atoms with Crippen LogP contribution in [0, 0.1) is 11.3 Å². The molecule has 1 N–H and O–H groups in total. The first-order chi connectivity index (χ1) is 14.8. The van der Waals surface area contributed by atoms with Gasteiger partial charge in [-0.05, 0) is 54.7 Å². The van der Waals surface area contributed by atoms with Gasteiger partial charge in [-0.15, -0.1) is 11.3 Å². The summed E-state index contributed by atoms with van der Waals surface area (Å²) in [6.45, 7) is 8.76. The highest BCUT2D eigenvalue weighted by atomic mass is 32.1. The topological polar surface area (TPSA) is 64.6 Å². The largest absolute Gasteiger partial charge is 0.481 e. The molecule has 0 saturated heterocycles. The molecule has 168 valence electrons. The van der Waals surface area contributed by atoms with Crippen molar-refractivity contribution in [1.82, 2.24) is 0 Å². The molecular formula is C25H33NO4S. The molecule has 2 aromatic rings. The highest BCUT2D eigenvalue weighted by Gasteiger charge is 2.36. The van der Waals surface area contributed by atoms with Crippen molar-refractivity contribution in [3.63, 3.8) is 0 Å². The van der Waals surface area contributed by atoms with Gasteiger partial charge in [0.1, 0.15) is 10.8 Å². The molecule has 0 radical (unpaired) electrons. The van der Waals surface area contributed by atoms with E-state index in [0.717, 1.165) is 31.2 Å². The summed E-state index contributed by atoms with van der Waals surface area (Å²) in [4.78, 5) is 26.8. The van der Waals surface area contributed by atoms with Crippen molar-refractivity contribution in [2.75, 3.05) is 12.4 Å². The van der Waals surface area contributed by atoms with Crippen LogP contribution in [0.2, 0.25) is 0 Å². The number of amides is 1. The van der Waals surface area contributed by atoms with E-state index in [1.807, 2.05) is 37.3 Å². The highest BCUT2D eigenvalue weighted by Crippen LogP contribution is 2.45. The number of hydrogen-bond acceptors (Lipinski definition) is 5. The Hall–Kier alpha value is -2.34. The summed E-state index contributed by atoms with van der Waals surface area (Å²) in [7, 11) is 1.39. The second kappa shape index (κ2) is 9.86. The Kier molecular flexibility index (Phi) is 7.42. The van der Waals surface area contributed by atoms with Gasteiger partial charge in [0.2, 0.25) is 0 Å². The van der Waals surface area contributed by atoms with Gasteiger partial charge in [-0.25, -0.2) is 4.79 Å². The second-order valence-electron chi connectivity index (χ2n) is 8.80. The average Bonchev–Trinajstić information content (AvgIpc) is 3.14. The molecule has 2 atom stereocenters. The number of fused-ring (bicyclic) bond motifs is 1. The monoisotopic (exact) mass is 443 g/mol. The molecule has 0 spiro atoms. The van der Waals surface area contributed by atoms with Crippen LogP contribution in [0.5, 0.6) is 5.75 Å². The van der Waals surface area contributed by atoms with Crippen molar-refractivity contribution >= 4 is 28.2 Å². The normalized spacial score (nSPS) is 16.9. The van der Waals surface area contributed by atoms with E-state index in [0.29, 0.717) is 28.7 Å². The lowest BCUT2D eigenvalue weighted by Crippen LogP contribution is -2.32. The Morgan fingerprint density at radius 2 is 1.94 bits per heavy atom. The van der Waals surface area contributed by atoms with Crippen LogP contribution in [-0.4, -0.2) is 25.1 Å². The lowest BCUT2D eigenvalue weighted by molar-refractivity contribution is -0.122. The van der Waals surface area contributed by atoms with Crippen molar-refractivity contribution in [2.45, 2.75) is 65.9 Å². The van der Waals surface area contributed by atoms with Gasteiger partial charge in [-0.3, -0.25) is 4.79 Å². The summed E-state index contributed by atoms with van der Waals surface area (Å²) in [6, 6.07) is 9.30. The summed E-state index contributed by atoms with van der Waals surface area (Å²) >= 11 is 1.51. The zero-order chi connectivity index (χ0) is 22.6. The maximum atomic E-state index is 13.0. The van der Waals surface area contributed by atoms with Gasteiger partial charge in [0.15, 0.2) is 6.10 Å². The maximum Gasteiger partial charge on any atom is 0.341 e. The number of para-hydroxylation sites is 1. The van der Waals surface area contributed by atoms with Crippen LogP contribution in [0.15, 0.2) is 30.3 Å². The molecule has 0 bridgehead atoms. The summed E-state index contributed by atoms with van der Waals surface area (Å²) in [6.07, 6.45) is 3.79. The fraction of sp³-hybridized carbons (Fsp3) is 0.520. The number of rotatable bonds is 8. The van der Waals surface area contributed by atoms with Crippen molar-refractivity contribution in [1.29, 1.82) is 0 Å². The summed E-state index contributed by atoms with van der Waals surface area (Å²) in [5, 5.41) is 3.55. The fourth-order valence-corrected chi connectivity index (χ4v) is 5.44. The van der Waals surface area contributed by atoms with Crippen LogP contribution < -0.4 is 10.1 Å². The molecular weight excluding hydrogens is 410 g/mol. The van der Waals surface area contributed by atoms with Gasteiger partial charge in [0.05, 0.1) is 12.7 Å². The lowest BCUT2D eigenvalue weighted by atomic mass is 9.69. The number of hydrogen-bond donors (Lipinski definition) is 1. The second-order valence-corrected chi connectivity index (χ2v) is 9.90. The Bertz CT molecular complexity index is 919. The first kappa shape index (κ1) is 23.3. The van der Waals surface area contributed by atoms with Crippen LogP contribution in [0.3, 0.4) is 0 Å². The fourth-order valence-electron chi connectivity index (χ4n) is 4.13. The molecule has 1 aromatic carbocycles. The van der Waals surface area contributed by atoms with E-state index < -0.39 is 12.1 Å². The zero-order valence-corrected chi connectivity index (χ0v) is 19.9. The van der Waals surface area contributed by atoms with Crippen molar-refractivity contribution in [3.8, 4) is 5.75 Å². The van der Waals surface area contributed by atoms with Crippen molar-refractivity contribution in [2.24, 2.45) is 11.3 Å². The van der Waals surface area contributed by atoms with E-state index in [1.165, 1.54) is 23.3 Å². The molecule has 1 aliphatic rings. The molecule has 1 aliphatic carbocycles. The lowest BCUT2D eigenvalue weighted by Gasteiger charge is -2.36. The maximum absolute atomic E-state index is 13.0. The Morgan fingerprint density at radius 1 is 1.23 bits per heavy atom. The Morgan fingerprint density at radius 3 is 2.55 bits per heavy atom. The molecule has 6 heteroatoms. The number of methoxy groups -OCH3 is 1. The third kappa shape index (κ3) is 5.12. The molecule has 2 unspecified atom stereocenters. The van der Waals surface area contributed by atoms with E-state index in [1.54, 1.807) is 0 Å². The highest BCUT2D eigenvalue weighted by molar-refractivity contribution is 7.17. The molecule has 3 rings (SSSR count). The number of carbonyl (C=O) groups excluding carboxylic acids is 2. The van der Waals surface area contributed by atoms with Crippen LogP contribution >= 0.6 is 11.3 Å². The van der Waals surface area contributed by atoms with Gasteiger partial charge < -0.3 is 14.8 Å². The quantitative estimate of drug-likeness (QED) is 0.518. The van der Waals surface area contributed by atoms with Crippen LogP contribution in [-0.2, 0) is 22.4 Å². The van der Waals surface area contributed by atoms with Crippen LogP contribution in [0.1, 0.15) is 67.8 Å². The number of ether oxygens (including phenoxy) is 2. The predicted molar refractivity (Wildman–Crippen MR) is 125 cm³/mol. The average molecular weight is 444 g/mol. The third-order valence-electron chi connectivity index (χ3n) is 6.59. The molecule has 1 heterocycles. The van der Waals surface area contributed by atoms with Gasteiger partial charge >= 0.3 is 5.97 Å². The number of carbonyl (C=O) groups is 2. The van der Waals surface area contributed by atoms with Crippen LogP contribution in [0.4, 0.5) is 5.00 Å². The molecule has 1 aromatic heterocycles. The zero-order valence-electron chi connectivity index (χ0n) is 19.1. The van der Waals surface area contributed by atoms with Crippen LogP contribution in [0.25, 0.3) is 0 Å². The molecule has 31 heavy (non-hydrogen) atoms. The smallest absolute Gasteiger partial charge is 0.341 e. The Balaban J connectivity index is 1.85. The molecule has 0 aliphatic heterocycles. The van der Waals surface area contributed by atoms with E-state index in [2.05, 4.69) is 26.1 Å². The minimum atomic E-state index is -0.640. The number of thiophene rings is 1. The van der Waals surface area contributed by atoms with Gasteiger partial charge in [0, 0.05) is 4.88 Å². The standard InChI is InChI=1S/C25H33NO4S/c1-6-19(30-17-11-9-8-10-12-17)22(27)26-23-21(24(28)29-5)18-14-13-16(15-20(18)31-23)25(3,4)7-2/h8-12,16,19H,6-7,13-15H2,1-5H3,(H,26,27). The predicted octanol–water partition coefficient (Wildman–Crippen LogP) is 5.87. The van der Waals surface area contributed by atoms with Gasteiger partial charge in [-0.1, -0.05) is 52.3 Å². The summed E-state index contributed by atoms with van der Waals surface area (Å²) in [5.74, 6) is 0.564. The third-order valence-corrected chi connectivity index (χ3v) is 7.76. The van der Waals surface area contributed by atoms with E-state index in [9.17, 15) is 9.59 Å². The van der Waals surface area contributed by atoms with Crippen molar-refractivity contribution in [3.05, 3.63) is 46.3 Å². The molecule has 1 amide bonds. The Labute approximate surface area is 189 Å². The first-order valence-electron chi connectivity index (χ1n) is 11.1. The SMILES string of the molecule is CCC(Oc1ccccc1)C(=O)Nc1sc2c(c1C(=O)OC)CCC(C(C)(C)CC)C2. The van der Waals surface area contributed by atoms with Crippen molar-refractivity contribution < 1.29 is 19.1 Å².